The highest BCUT2D eigenvalue weighted by molar-refractivity contribution is 8.00. The van der Waals surface area contributed by atoms with Gasteiger partial charge in [0.15, 0.2) is 11.0 Å². The van der Waals surface area contributed by atoms with Crippen molar-refractivity contribution in [2.24, 2.45) is 7.05 Å². The first kappa shape index (κ1) is 14.6. The number of hydrogen-bond donors (Lipinski definition) is 0. The van der Waals surface area contributed by atoms with E-state index in [1.165, 1.54) is 11.8 Å². The highest BCUT2D eigenvalue weighted by atomic mass is 35.5. The topological polar surface area (TPSA) is 47.8 Å². The summed E-state index contributed by atoms with van der Waals surface area (Å²) in [4.78, 5) is 11.9. The van der Waals surface area contributed by atoms with Crippen LogP contribution in [-0.2, 0) is 11.8 Å². The Morgan fingerprint density at radius 1 is 1.24 bits per heavy atom. The number of benzene rings is 1. The lowest BCUT2D eigenvalue weighted by Crippen LogP contribution is -2.21. The minimum absolute atomic E-state index is 0.0275. The molecule has 1 saturated carbocycles. The number of carbonyl (C=O) groups is 1. The molecule has 0 bridgehead atoms. The van der Waals surface area contributed by atoms with Crippen LogP contribution >= 0.6 is 23.4 Å². The van der Waals surface area contributed by atoms with E-state index in [1.54, 1.807) is 0 Å². The molecule has 0 spiro atoms. The highest BCUT2D eigenvalue weighted by Gasteiger charge is 2.25. The van der Waals surface area contributed by atoms with E-state index in [-0.39, 0.29) is 5.25 Å². The Kier molecular flexibility index (Phi) is 4.31. The van der Waals surface area contributed by atoms with Crippen LogP contribution < -0.4 is 0 Å². The third-order valence-electron chi connectivity index (χ3n) is 3.68. The molecule has 0 radical (unpaired) electrons. The maximum Gasteiger partial charge on any atom is 0.191 e. The average Bonchev–Trinajstić information content (AvgIpc) is 2.84. The molecule has 0 saturated heterocycles. The van der Waals surface area contributed by atoms with Gasteiger partial charge in [-0.2, -0.15) is 0 Å². The fourth-order valence-electron chi connectivity index (χ4n) is 2.47. The molecule has 0 aliphatic heterocycles. The molecular formula is C15H16ClN3OS. The summed E-state index contributed by atoms with van der Waals surface area (Å²) in [6.07, 6.45) is 3.77. The van der Waals surface area contributed by atoms with Gasteiger partial charge >= 0.3 is 0 Å². The largest absolute Gasteiger partial charge is 0.305 e. The molecule has 4 nitrogen and oxygen atoms in total. The van der Waals surface area contributed by atoms with Gasteiger partial charge < -0.3 is 4.57 Å². The zero-order valence-electron chi connectivity index (χ0n) is 11.8. The molecule has 2 aromatic rings. The van der Waals surface area contributed by atoms with E-state index in [9.17, 15) is 4.79 Å². The van der Waals surface area contributed by atoms with E-state index in [4.69, 9.17) is 11.6 Å². The maximum absolute atomic E-state index is 11.9. The quantitative estimate of drug-likeness (QED) is 0.864. The van der Waals surface area contributed by atoms with Crippen LogP contribution in [0.15, 0.2) is 29.4 Å². The first-order valence-corrected chi connectivity index (χ1v) is 8.25. The van der Waals surface area contributed by atoms with Crippen molar-refractivity contribution >= 4 is 29.1 Å². The fourth-order valence-corrected chi connectivity index (χ4v) is 3.72. The van der Waals surface area contributed by atoms with Crippen LogP contribution in [0.4, 0.5) is 0 Å². The average molecular weight is 322 g/mol. The van der Waals surface area contributed by atoms with E-state index in [0.29, 0.717) is 17.2 Å². The van der Waals surface area contributed by atoms with Gasteiger partial charge in [-0.15, -0.1) is 10.2 Å². The number of hydrogen-bond acceptors (Lipinski definition) is 4. The summed E-state index contributed by atoms with van der Waals surface area (Å²) in [7, 11) is 1.93. The van der Waals surface area contributed by atoms with Gasteiger partial charge in [0.25, 0.3) is 0 Å². The SMILES string of the molecule is Cn1c(S[C@H]2CCCCC2=O)nnc1-c1ccc(Cl)cc1. The van der Waals surface area contributed by atoms with Crippen molar-refractivity contribution in [1.82, 2.24) is 14.8 Å². The van der Waals surface area contributed by atoms with E-state index < -0.39 is 0 Å². The summed E-state index contributed by atoms with van der Waals surface area (Å²) in [5.74, 6) is 1.12. The first-order valence-electron chi connectivity index (χ1n) is 7.00. The third-order valence-corrected chi connectivity index (χ3v) is 5.29. The molecule has 1 aromatic heterocycles. The van der Waals surface area contributed by atoms with E-state index in [1.807, 2.05) is 35.9 Å². The number of nitrogens with zero attached hydrogens (tertiary/aromatic N) is 3. The van der Waals surface area contributed by atoms with Crippen molar-refractivity contribution in [3.05, 3.63) is 29.3 Å². The molecule has 1 atom stereocenters. The summed E-state index contributed by atoms with van der Waals surface area (Å²) in [5, 5.41) is 9.99. The van der Waals surface area contributed by atoms with E-state index >= 15 is 0 Å². The zero-order chi connectivity index (χ0) is 14.8. The minimum Gasteiger partial charge on any atom is -0.305 e. The molecule has 0 amide bonds. The van der Waals surface area contributed by atoms with Gasteiger partial charge in [0.1, 0.15) is 5.78 Å². The molecule has 1 aliphatic carbocycles. The molecule has 1 heterocycles. The Hall–Kier alpha value is -1.33. The van der Waals surface area contributed by atoms with Gasteiger partial charge in [-0.05, 0) is 37.1 Å². The van der Waals surface area contributed by atoms with Crippen LogP contribution in [0.1, 0.15) is 25.7 Å². The summed E-state index contributed by atoms with van der Waals surface area (Å²) in [6.45, 7) is 0. The van der Waals surface area contributed by atoms with Crippen LogP contribution in [0.3, 0.4) is 0 Å². The summed E-state index contributed by atoms with van der Waals surface area (Å²) in [5.41, 5.74) is 0.969. The summed E-state index contributed by atoms with van der Waals surface area (Å²) < 4.78 is 1.94. The number of aromatic nitrogens is 3. The number of ketones is 1. The zero-order valence-corrected chi connectivity index (χ0v) is 13.3. The second-order valence-corrected chi connectivity index (χ2v) is 6.80. The number of thioether (sulfide) groups is 1. The third kappa shape index (κ3) is 3.14. The molecule has 1 aliphatic rings. The molecular weight excluding hydrogens is 306 g/mol. The van der Waals surface area contributed by atoms with Crippen molar-refractivity contribution in [3.63, 3.8) is 0 Å². The predicted octanol–water partition coefficient (Wildman–Crippen LogP) is 3.74. The van der Waals surface area contributed by atoms with Gasteiger partial charge in [0.2, 0.25) is 0 Å². The first-order chi connectivity index (χ1) is 10.1. The molecule has 21 heavy (non-hydrogen) atoms. The lowest BCUT2D eigenvalue weighted by atomic mass is 9.99. The van der Waals surface area contributed by atoms with Gasteiger partial charge in [-0.3, -0.25) is 4.79 Å². The van der Waals surface area contributed by atoms with Crippen molar-refractivity contribution in [2.45, 2.75) is 36.1 Å². The summed E-state index contributed by atoms with van der Waals surface area (Å²) in [6, 6.07) is 7.52. The number of halogens is 1. The molecule has 0 unspecified atom stereocenters. The molecule has 110 valence electrons. The highest BCUT2D eigenvalue weighted by Crippen LogP contribution is 2.32. The maximum atomic E-state index is 11.9. The van der Waals surface area contributed by atoms with Gasteiger partial charge in [-0.1, -0.05) is 29.8 Å². The van der Waals surface area contributed by atoms with Crippen LogP contribution in [0.2, 0.25) is 5.02 Å². The number of carbonyl (C=O) groups excluding carboxylic acids is 1. The number of rotatable bonds is 3. The van der Waals surface area contributed by atoms with Crippen molar-refractivity contribution in [1.29, 1.82) is 0 Å². The fraction of sp³-hybridized carbons (Fsp3) is 0.400. The Bertz CT molecular complexity index is 653. The molecule has 3 rings (SSSR count). The van der Waals surface area contributed by atoms with Crippen molar-refractivity contribution in [2.75, 3.05) is 0 Å². The Morgan fingerprint density at radius 3 is 2.71 bits per heavy atom. The van der Waals surface area contributed by atoms with Crippen LogP contribution in [-0.4, -0.2) is 25.8 Å². The van der Waals surface area contributed by atoms with Crippen LogP contribution in [0.25, 0.3) is 11.4 Å². The second kappa shape index (κ2) is 6.20. The predicted molar refractivity (Wildman–Crippen MR) is 84.6 cm³/mol. The smallest absolute Gasteiger partial charge is 0.191 e. The Morgan fingerprint density at radius 2 is 2.00 bits per heavy atom. The standard InChI is InChI=1S/C15H16ClN3OS/c1-19-14(10-6-8-11(16)9-7-10)17-18-15(19)21-13-5-3-2-4-12(13)20/h6-9,13H,2-5H2,1H3/t13-/m0/s1. The normalized spacial score (nSPS) is 19.0. The van der Waals surface area contributed by atoms with Crippen LogP contribution in [0.5, 0.6) is 0 Å². The molecule has 1 aromatic carbocycles. The molecule has 0 N–H and O–H groups in total. The molecule has 6 heteroatoms. The Labute approximate surface area is 132 Å². The lowest BCUT2D eigenvalue weighted by Gasteiger charge is -2.19. The van der Waals surface area contributed by atoms with Gasteiger partial charge in [0.05, 0.1) is 5.25 Å². The van der Waals surface area contributed by atoms with E-state index in [0.717, 1.165) is 35.8 Å². The van der Waals surface area contributed by atoms with Crippen molar-refractivity contribution < 1.29 is 4.79 Å². The van der Waals surface area contributed by atoms with Gasteiger partial charge in [0, 0.05) is 24.1 Å². The number of Topliss-reactive ketones (excluding diaryl/α,β-unsaturated/α-hetero) is 1. The Balaban J connectivity index is 1.82. The minimum atomic E-state index is 0.0275. The molecule has 1 fully saturated rings. The van der Waals surface area contributed by atoms with Gasteiger partial charge in [-0.25, -0.2) is 0 Å². The van der Waals surface area contributed by atoms with Crippen LogP contribution in [0, 0.1) is 0 Å². The second-order valence-electron chi connectivity index (χ2n) is 5.19. The summed E-state index contributed by atoms with van der Waals surface area (Å²) >= 11 is 7.44. The van der Waals surface area contributed by atoms with Crippen molar-refractivity contribution in [3.8, 4) is 11.4 Å². The van der Waals surface area contributed by atoms with E-state index in [2.05, 4.69) is 10.2 Å². The lowest BCUT2D eigenvalue weighted by molar-refractivity contribution is -0.119. The monoisotopic (exact) mass is 321 g/mol.